The first kappa shape index (κ1) is 9.52. The molecule has 3 aromatic rings. The minimum atomic E-state index is 0.294. The number of furan rings is 1. The van der Waals surface area contributed by atoms with Crippen molar-refractivity contribution < 1.29 is 4.42 Å². The molecule has 3 rings (SSSR count). The third-order valence-corrected chi connectivity index (χ3v) is 2.17. The molecule has 7 nitrogen and oxygen atoms in total. The summed E-state index contributed by atoms with van der Waals surface area (Å²) in [7, 11) is 0. The highest BCUT2D eigenvalue weighted by atomic mass is 16.3. The topological polar surface area (TPSA) is 95.7 Å². The molecule has 0 aliphatic carbocycles. The van der Waals surface area contributed by atoms with Gasteiger partial charge in [0.1, 0.15) is 5.69 Å². The summed E-state index contributed by atoms with van der Waals surface area (Å²) in [5.74, 6) is 1.29. The Hall–Kier alpha value is -2.70. The van der Waals surface area contributed by atoms with Crippen LogP contribution >= 0.6 is 0 Å². The van der Waals surface area contributed by atoms with Gasteiger partial charge in [0, 0.05) is 0 Å². The quantitative estimate of drug-likeness (QED) is 0.700. The maximum Gasteiger partial charge on any atom is 0.197 e. The molecule has 0 aliphatic rings. The van der Waals surface area contributed by atoms with E-state index in [1.165, 1.54) is 4.80 Å². The monoisotopic (exact) mass is 228 g/mol. The molecular formula is C10H8N6O. The van der Waals surface area contributed by atoms with E-state index in [0.717, 1.165) is 0 Å². The maximum atomic E-state index is 5.83. The van der Waals surface area contributed by atoms with E-state index in [1.54, 1.807) is 37.0 Å². The summed E-state index contributed by atoms with van der Waals surface area (Å²) in [6, 6.07) is 3.53. The minimum absolute atomic E-state index is 0.294. The fraction of sp³-hybridized carbons (Fsp3) is 0. The third-order valence-electron chi connectivity index (χ3n) is 2.17. The number of rotatable bonds is 2. The summed E-state index contributed by atoms with van der Waals surface area (Å²) in [6.07, 6.45) is 6.22. The first-order valence-electron chi connectivity index (χ1n) is 4.87. The summed E-state index contributed by atoms with van der Waals surface area (Å²) in [5.41, 5.74) is 6.36. The highest BCUT2D eigenvalue weighted by Crippen LogP contribution is 2.19. The number of nitrogens with two attached hydrogens (primary N) is 1. The normalized spacial score (nSPS) is 10.6. The van der Waals surface area contributed by atoms with Crippen LogP contribution in [0.5, 0.6) is 0 Å². The molecule has 3 aromatic heterocycles. The van der Waals surface area contributed by atoms with Crippen molar-refractivity contribution in [3.63, 3.8) is 0 Å². The average molecular weight is 228 g/mol. The highest BCUT2D eigenvalue weighted by molar-refractivity contribution is 5.56. The van der Waals surface area contributed by atoms with E-state index < -0.39 is 0 Å². The molecule has 0 fully saturated rings. The summed E-state index contributed by atoms with van der Waals surface area (Å²) >= 11 is 0. The Morgan fingerprint density at radius 1 is 1.24 bits per heavy atom. The van der Waals surface area contributed by atoms with Crippen molar-refractivity contribution in [1.29, 1.82) is 0 Å². The first-order valence-corrected chi connectivity index (χ1v) is 4.87. The van der Waals surface area contributed by atoms with Gasteiger partial charge in [-0.2, -0.15) is 10.2 Å². The van der Waals surface area contributed by atoms with Gasteiger partial charge < -0.3 is 10.2 Å². The van der Waals surface area contributed by atoms with Gasteiger partial charge in [-0.25, -0.2) is 9.97 Å². The van der Waals surface area contributed by atoms with E-state index >= 15 is 0 Å². The second kappa shape index (κ2) is 3.71. The van der Waals surface area contributed by atoms with Gasteiger partial charge in [-0.15, -0.1) is 4.80 Å². The van der Waals surface area contributed by atoms with Gasteiger partial charge in [0.15, 0.2) is 17.4 Å². The fourth-order valence-corrected chi connectivity index (χ4v) is 1.41. The van der Waals surface area contributed by atoms with Crippen molar-refractivity contribution in [2.75, 3.05) is 5.73 Å². The van der Waals surface area contributed by atoms with E-state index in [9.17, 15) is 0 Å². The Bertz CT molecular complexity index is 616. The summed E-state index contributed by atoms with van der Waals surface area (Å²) < 4.78 is 5.19. The van der Waals surface area contributed by atoms with Crippen molar-refractivity contribution in [2.24, 2.45) is 0 Å². The van der Waals surface area contributed by atoms with Gasteiger partial charge in [0.2, 0.25) is 0 Å². The SMILES string of the molecule is Nc1nc(-c2ccco2)ncc1-n1nccn1. The van der Waals surface area contributed by atoms with E-state index in [2.05, 4.69) is 20.2 Å². The van der Waals surface area contributed by atoms with Crippen LogP contribution in [-0.4, -0.2) is 25.0 Å². The standard InChI is InChI=1S/C10H8N6O/c11-9-7(16-13-3-4-14-16)6-12-10(15-9)8-2-1-5-17-8/h1-6H,(H2,11,12,15). The Morgan fingerprint density at radius 2 is 2.06 bits per heavy atom. The molecule has 3 heterocycles. The van der Waals surface area contributed by atoms with Crippen molar-refractivity contribution in [3.8, 4) is 17.3 Å². The number of anilines is 1. The Labute approximate surface area is 95.9 Å². The van der Waals surface area contributed by atoms with Crippen LogP contribution in [0.15, 0.2) is 41.4 Å². The summed E-state index contributed by atoms with van der Waals surface area (Å²) in [6.45, 7) is 0. The number of nitrogen functional groups attached to an aromatic ring is 1. The molecule has 0 saturated carbocycles. The van der Waals surface area contributed by atoms with Crippen molar-refractivity contribution in [1.82, 2.24) is 25.0 Å². The van der Waals surface area contributed by atoms with Gasteiger partial charge in [-0.3, -0.25) is 0 Å². The lowest BCUT2D eigenvalue weighted by Crippen LogP contribution is -2.06. The molecule has 84 valence electrons. The molecule has 2 N–H and O–H groups in total. The predicted molar refractivity (Wildman–Crippen MR) is 59.1 cm³/mol. The van der Waals surface area contributed by atoms with Gasteiger partial charge in [-0.1, -0.05) is 0 Å². The Balaban J connectivity index is 2.06. The van der Waals surface area contributed by atoms with Crippen LogP contribution in [0.25, 0.3) is 17.3 Å². The first-order chi connectivity index (χ1) is 8.34. The van der Waals surface area contributed by atoms with Crippen LogP contribution < -0.4 is 5.73 Å². The Kier molecular flexibility index (Phi) is 2.08. The van der Waals surface area contributed by atoms with Gasteiger partial charge in [-0.05, 0) is 12.1 Å². The third kappa shape index (κ3) is 1.63. The van der Waals surface area contributed by atoms with E-state index in [-0.39, 0.29) is 0 Å². The van der Waals surface area contributed by atoms with Crippen LogP contribution in [0.4, 0.5) is 5.82 Å². The van der Waals surface area contributed by atoms with Crippen LogP contribution in [0.2, 0.25) is 0 Å². The summed E-state index contributed by atoms with van der Waals surface area (Å²) in [5, 5.41) is 7.92. The molecule has 0 aliphatic heterocycles. The van der Waals surface area contributed by atoms with Gasteiger partial charge in [0.25, 0.3) is 0 Å². The number of nitrogens with zero attached hydrogens (tertiary/aromatic N) is 5. The zero-order valence-electron chi connectivity index (χ0n) is 8.69. The molecule has 0 atom stereocenters. The summed E-state index contributed by atoms with van der Waals surface area (Å²) in [4.78, 5) is 9.66. The molecule has 0 radical (unpaired) electrons. The average Bonchev–Trinajstić information content (AvgIpc) is 3.02. The highest BCUT2D eigenvalue weighted by Gasteiger charge is 2.10. The second-order valence-corrected chi connectivity index (χ2v) is 3.26. The van der Waals surface area contributed by atoms with Crippen molar-refractivity contribution in [2.45, 2.75) is 0 Å². The number of hydrogen-bond donors (Lipinski definition) is 1. The lowest BCUT2D eigenvalue weighted by molar-refractivity contribution is 0.577. The largest absolute Gasteiger partial charge is 0.461 e. The number of aromatic nitrogens is 5. The predicted octanol–water partition coefficient (Wildman–Crippen LogP) is 0.899. The van der Waals surface area contributed by atoms with Gasteiger partial charge in [0.05, 0.1) is 24.9 Å². The lowest BCUT2D eigenvalue weighted by atomic mass is 10.4. The van der Waals surface area contributed by atoms with Crippen molar-refractivity contribution in [3.05, 3.63) is 37.0 Å². The minimum Gasteiger partial charge on any atom is -0.461 e. The van der Waals surface area contributed by atoms with Crippen molar-refractivity contribution >= 4 is 5.82 Å². The van der Waals surface area contributed by atoms with Crippen LogP contribution in [0, 0.1) is 0 Å². The van der Waals surface area contributed by atoms with E-state index in [4.69, 9.17) is 10.2 Å². The molecule has 7 heteroatoms. The molecule has 0 saturated heterocycles. The molecule has 0 bridgehead atoms. The zero-order chi connectivity index (χ0) is 11.7. The molecule has 0 aromatic carbocycles. The fourth-order valence-electron chi connectivity index (χ4n) is 1.41. The smallest absolute Gasteiger partial charge is 0.197 e. The molecule has 0 spiro atoms. The zero-order valence-corrected chi connectivity index (χ0v) is 8.69. The second-order valence-electron chi connectivity index (χ2n) is 3.26. The van der Waals surface area contributed by atoms with Crippen LogP contribution in [0.3, 0.4) is 0 Å². The molecule has 0 unspecified atom stereocenters. The van der Waals surface area contributed by atoms with E-state index in [0.29, 0.717) is 23.1 Å². The van der Waals surface area contributed by atoms with Crippen LogP contribution in [-0.2, 0) is 0 Å². The Morgan fingerprint density at radius 3 is 2.71 bits per heavy atom. The molecule has 17 heavy (non-hydrogen) atoms. The van der Waals surface area contributed by atoms with Gasteiger partial charge >= 0.3 is 0 Å². The molecule has 0 amide bonds. The lowest BCUT2D eigenvalue weighted by Gasteiger charge is -2.03. The van der Waals surface area contributed by atoms with Crippen LogP contribution in [0.1, 0.15) is 0 Å². The maximum absolute atomic E-state index is 5.83. The van der Waals surface area contributed by atoms with E-state index in [1.807, 2.05) is 0 Å². The molecular weight excluding hydrogens is 220 g/mol. The number of hydrogen-bond acceptors (Lipinski definition) is 6.